The molecule has 2 aliphatic rings. The molecule has 64 valence electrons. The maximum atomic E-state index is 5.93. The molecule has 2 saturated carbocycles. The molecule has 0 aromatic carbocycles. The van der Waals surface area contributed by atoms with Gasteiger partial charge in [-0.05, 0) is 42.9 Å². The van der Waals surface area contributed by atoms with Gasteiger partial charge >= 0.3 is 0 Å². The summed E-state index contributed by atoms with van der Waals surface area (Å²) in [6.07, 6.45) is 4.20. The van der Waals surface area contributed by atoms with Crippen molar-refractivity contribution in [2.75, 3.05) is 0 Å². The second kappa shape index (κ2) is 2.48. The second-order valence-electron chi connectivity index (χ2n) is 4.80. The van der Waals surface area contributed by atoms with E-state index < -0.39 is 0 Å². The molecule has 11 heavy (non-hydrogen) atoms. The summed E-state index contributed by atoms with van der Waals surface area (Å²) in [6, 6.07) is 0.559. The number of fused-ring (bicyclic) bond motifs is 1. The standard InChI is InChI=1S/C10H19N/c1-6(2)7-3-8-5-10(11)9(8)4-7/h6-10H,3-5,11H2,1-2H3. The zero-order chi connectivity index (χ0) is 8.01. The fraction of sp³-hybridized carbons (Fsp3) is 1.00. The first-order valence-electron chi connectivity index (χ1n) is 4.94. The van der Waals surface area contributed by atoms with E-state index in [0.29, 0.717) is 6.04 Å². The lowest BCUT2D eigenvalue weighted by Gasteiger charge is -2.37. The third-order valence-electron chi connectivity index (χ3n) is 3.85. The molecule has 0 amide bonds. The molecular formula is C10H19N. The van der Waals surface area contributed by atoms with E-state index in [9.17, 15) is 0 Å². The van der Waals surface area contributed by atoms with E-state index in [-0.39, 0.29) is 0 Å². The zero-order valence-corrected chi connectivity index (χ0v) is 7.59. The number of hydrogen-bond acceptors (Lipinski definition) is 1. The van der Waals surface area contributed by atoms with Crippen LogP contribution in [0.15, 0.2) is 0 Å². The molecule has 1 heteroatoms. The summed E-state index contributed by atoms with van der Waals surface area (Å²) >= 11 is 0. The fourth-order valence-electron chi connectivity index (χ4n) is 2.87. The molecule has 0 saturated heterocycles. The minimum absolute atomic E-state index is 0.559. The van der Waals surface area contributed by atoms with Gasteiger partial charge in [0.05, 0.1) is 0 Å². The Bertz CT molecular complexity index is 153. The monoisotopic (exact) mass is 153 g/mol. The van der Waals surface area contributed by atoms with Gasteiger partial charge in [0.2, 0.25) is 0 Å². The molecule has 2 N–H and O–H groups in total. The maximum absolute atomic E-state index is 5.93. The van der Waals surface area contributed by atoms with Crippen molar-refractivity contribution in [3.05, 3.63) is 0 Å². The van der Waals surface area contributed by atoms with Gasteiger partial charge in [-0.1, -0.05) is 13.8 Å². The van der Waals surface area contributed by atoms with E-state index in [2.05, 4.69) is 13.8 Å². The van der Waals surface area contributed by atoms with Crippen molar-refractivity contribution in [2.45, 2.75) is 39.2 Å². The first kappa shape index (κ1) is 7.60. The molecule has 2 rings (SSSR count). The molecule has 0 spiro atoms. The van der Waals surface area contributed by atoms with Crippen molar-refractivity contribution in [3.8, 4) is 0 Å². The van der Waals surface area contributed by atoms with Crippen LogP contribution in [0.1, 0.15) is 33.1 Å². The van der Waals surface area contributed by atoms with Crippen LogP contribution >= 0.6 is 0 Å². The number of rotatable bonds is 1. The molecule has 0 heterocycles. The van der Waals surface area contributed by atoms with Gasteiger partial charge in [0.15, 0.2) is 0 Å². The molecule has 0 bridgehead atoms. The predicted octanol–water partition coefficient (Wildman–Crippen LogP) is 2.02. The van der Waals surface area contributed by atoms with Crippen LogP contribution in [0.4, 0.5) is 0 Å². The van der Waals surface area contributed by atoms with Crippen molar-refractivity contribution in [3.63, 3.8) is 0 Å². The van der Waals surface area contributed by atoms with Crippen LogP contribution < -0.4 is 5.73 Å². The average Bonchev–Trinajstić information content (AvgIpc) is 2.26. The maximum Gasteiger partial charge on any atom is 0.00726 e. The van der Waals surface area contributed by atoms with Gasteiger partial charge < -0.3 is 5.73 Å². The van der Waals surface area contributed by atoms with Crippen molar-refractivity contribution < 1.29 is 0 Å². The molecule has 4 atom stereocenters. The zero-order valence-electron chi connectivity index (χ0n) is 7.59. The molecule has 4 unspecified atom stereocenters. The molecule has 1 nitrogen and oxygen atoms in total. The Balaban J connectivity index is 1.93. The summed E-state index contributed by atoms with van der Waals surface area (Å²) in [5.74, 6) is 3.78. The Morgan fingerprint density at radius 1 is 1.18 bits per heavy atom. The number of nitrogens with two attached hydrogens (primary N) is 1. The lowest BCUT2D eigenvalue weighted by Crippen LogP contribution is -2.44. The summed E-state index contributed by atoms with van der Waals surface area (Å²) in [4.78, 5) is 0. The first-order valence-corrected chi connectivity index (χ1v) is 4.94. The van der Waals surface area contributed by atoms with Crippen molar-refractivity contribution in [1.82, 2.24) is 0 Å². The van der Waals surface area contributed by atoms with E-state index in [1.165, 1.54) is 19.3 Å². The highest BCUT2D eigenvalue weighted by Gasteiger charge is 2.46. The van der Waals surface area contributed by atoms with Gasteiger partial charge in [-0.3, -0.25) is 0 Å². The Morgan fingerprint density at radius 2 is 1.91 bits per heavy atom. The Morgan fingerprint density at radius 3 is 2.36 bits per heavy atom. The van der Waals surface area contributed by atoms with Gasteiger partial charge in [-0.2, -0.15) is 0 Å². The fourth-order valence-corrected chi connectivity index (χ4v) is 2.87. The highest BCUT2D eigenvalue weighted by atomic mass is 14.7. The smallest absolute Gasteiger partial charge is 0.00726 e. The summed E-state index contributed by atoms with van der Waals surface area (Å²) in [5, 5.41) is 0. The third kappa shape index (κ3) is 1.10. The van der Waals surface area contributed by atoms with Crippen LogP contribution in [0.3, 0.4) is 0 Å². The molecule has 0 radical (unpaired) electrons. The van der Waals surface area contributed by atoms with E-state index >= 15 is 0 Å². The topological polar surface area (TPSA) is 26.0 Å². The van der Waals surface area contributed by atoms with Crippen molar-refractivity contribution in [2.24, 2.45) is 29.4 Å². The predicted molar refractivity (Wildman–Crippen MR) is 47.1 cm³/mol. The normalized spacial score (nSPS) is 49.1. The average molecular weight is 153 g/mol. The summed E-state index contributed by atoms with van der Waals surface area (Å²) in [7, 11) is 0. The third-order valence-corrected chi connectivity index (χ3v) is 3.85. The van der Waals surface area contributed by atoms with Gasteiger partial charge in [0.25, 0.3) is 0 Å². The molecule has 0 aromatic heterocycles. The van der Waals surface area contributed by atoms with Gasteiger partial charge in [-0.25, -0.2) is 0 Å². The van der Waals surface area contributed by atoms with Gasteiger partial charge in [-0.15, -0.1) is 0 Å². The minimum Gasteiger partial charge on any atom is -0.327 e. The van der Waals surface area contributed by atoms with E-state index in [0.717, 1.165) is 23.7 Å². The van der Waals surface area contributed by atoms with Gasteiger partial charge in [0, 0.05) is 6.04 Å². The van der Waals surface area contributed by atoms with Crippen LogP contribution in [-0.2, 0) is 0 Å². The SMILES string of the molecule is CC(C)C1CC2CC(N)C2C1. The second-order valence-corrected chi connectivity index (χ2v) is 4.80. The Kier molecular flexibility index (Phi) is 1.71. The Labute approximate surface area is 69.4 Å². The van der Waals surface area contributed by atoms with Crippen LogP contribution in [0.25, 0.3) is 0 Å². The molecular weight excluding hydrogens is 134 g/mol. The largest absolute Gasteiger partial charge is 0.327 e. The van der Waals surface area contributed by atoms with E-state index in [1.54, 1.807) is 0 Å². The lowest BCUT2D eigenvalue weighted by molar-refractivity contribution is 0.173. The van der Waals surface area contributed by atoms with Crippen molar-refractivity contribution >= 4 is 0 Å². The highest BCUT2D eigenvalue weighted by molar-refractivity contribution is 4.99. The summed E-state index contributed by atoms with van der Waals surface area (Å²) in [5.41, 5.74) is 5.93. The summed E-state index contributed by atoms with van der Waals surface area (Å²) < 4.78 is 0. The number of hydrogen-bond donors (Lipinski definition) is 1. The molecule has 2 aliphatic carbocycles. The van der Waals surface area contributed by atoms with Gasteiger partial charge in [0.1, 0.15) is 0 Å². The Hall–Kier alpha value is -0.0400. The lowest BCUT2D eigenvalue weighted by atomic mass is 9.72. The minimum atomic E-state index is 0.559. The molecule has 0 aromatic rings. The summed E-state index contributed by atoms with van der Waals surface area (Å²) in [6.45, 7) is 4.70. The highest BCUT2D eigenvalue weighted by Crippen LogP contribution is 2.50. The van der Waals surface area contributed by atoms with E-state index in [1.807, 2.05) is 0 Å². The first-order chi connectivity index (χ1) is 5.18. The molecule has 2 fully saturated rings. The van der Waals surface area contributed by atoms with Crippen LogP contribution in [0, 0.1) is 23.7 Å². The van der Waals surface area contributed by atoms with Crippen molar-refractivity contribution in [1.29, 1.82) is 0 Å². The quantitative estimate of drug-likeness (QED) is 0.612. The van der Waals surface area contributed by atoms with Crippen LogP contribution in [-0.4, -0.2) is 6.04 Å². The van der Waals surface area contributed by atoms with Crippen LogP contribution in [0.2, 0.25) is 0 Å². The molecule has 0 aliphatic heterocycles. The van der Waals surface area contributed by atoms with E-state index in [4.69, 9.17) is 5.73 Å². The van der Waals surface area contributed by atoms with Crippen LogP contribution in [0.5, 0.6) is 0 Å².